The Labute approximate surface area is 164 Å². The number of hydrogen-bond donors (Lipinski definition) is 1. The van der Waals surface area contributed by atoms with E-state index in [4.69, 9.17) is 14.2 Å². The molecule has 0 saturated heterocycles. The Morgan fingerprint density at radius 2 is 1.89 bits per heavy atom. The van der Waals surface area contributed by atoms with Crippen molar-refractivity contribution in [2.45, 2.75) is 26.4 Å². The van der Waals surface area contributed by atoms with Crippen LogP contribution in [0.5, 0.6) is 17.2 Å². The zero-order chi connectivity index (χ0) is 20.3. The molecular formula is C21H24N2O5. The average Bonchev–Trinajstić information content (AvgIpc) is 2.70. The van der Waals surface area contributed by atoms with Gasteiger partial charge in [-0.05, 0) is 43.2 Å². The maximum atomic E-state index is 12.8. The standard InChI is InChI=1S/C21H24N2O5/c1-5-16-21(25)23(15-10-13(2)6-8-17(15)28-16)12-20(24)22-14-7-9-18(26-3)19(11-14)27-4/h6-11,16H,5,12H2,1-4H3,(H,22,24). The highest BCUT2D eigenvalue weighted by molar-refractivity contribution is 6.06. The molecule has 0 spiro atoms. The van der Waals surface area contributed by atoms with Gasteiger partial charge >= 0.3 is 0 Å². The number of benzene rings is 2. The number of nitrogens with zero attached hydrogens (tertiary/aromatic N) is 1. The maximum Gasteiger partial charge on any atom is 0.268 e. The van der Waals surface area contributed by atoms with Crippen LogP contribution in [-0.2, 0) is 9.59 Å². The molecule has 1 atom stereocenters. The molecule has 0 bridgehead atoms. The van der Waals surface area contributed by atoms with Crippen molar-refractivity contribution in [1.82, 2.24) is 0 Å². The van der Waals surface area contributed by atoms with Crippen molar-refractivity contribution in [2.75, 3.05) is 31.0 Å². The second-order valence-corrected chi connectivity index (χ2v) is 6.53. The molecule has 1 heterocycles. The van der Waals surface area contributed by atoms with Gasteiger partial charge in [-0.3, -0.25) is 14.5 Å². The number of ether oxygens (including phenoxy) is 3. The minimum absolute atomic E-state index is 0.108. The van der Waals surface area contributed by atoms with Crippen LogP contribution in [0, 0.1) is 6.92 Å². The summed E-state index contributed by atoms with van der Waals surface area (Å²) in [6, 6.07) is 10.7. The quantitative estimate of drug-likeness (QED) is 0.828. The number of methoxy groups -OCH3 is 2. The Morgan fingerprint density at radius 1 is 1.14 bits per heavy atom. The Balaban J connectivity index is 1.81. The van der Waals surface area contributed by atoms with Gasteiger partial charge in [-0.15, -0.1) is 0 Å². The van der Waals surface area contributed by atoms with E-state index in [1.807, 2.05) is 32.0 Å². The van der Waals surface area contributed by atoms with Crippen molar-refractivity contribution in [2.24, 2.45) is 0 Å². The molecule has 0 radical (unpaired) electrons. The minimum atomic E-state index is -0.593. The molecule has 28 heavy (non-hydrogen) atoms. The number of aryl methyl sites for hydroxylation is 1. The second kappa shape index (κ2) is 8.21. The summed E-state index contributed by atoms with van der Waals surface area (Å²) in [5.74, 6) is 1.15. The van der Waals surface area contributed by atoms with Crippen molar-refractivity contribution in [1.29, 1.82) is 0 Å². The molecule has 7 nitrogen and oxygen atoms in total. The highest BCUT2D eigenvalue weighted by atomic mass is 16.5. The van der Waals surface area contributed by atoms with Crippen LogP contribution in [0.1, 0.15) is 18.9 Å². The van der Waals surface area contributed by atoms with Crippen molar-refractivity contribution in [3.05, 3.63) is 42.0 Å². The number of carbonyl (C=O) groups is 2. The number of hydrogen-bond acceptors (Lipinski definition) is 5. The smallest absolute Gasteiger partial charge is 0.268 e. The molecule has 1 N–H and O–H groups in total. The summed E-state index contributed by atoms with van der Waals surface area (Å²) in [7, 11) is 3.07. The molecule has 2 aromatic rings. The molecule has 148 valence electrons. The van der Waals surface area contributed by atoms with Gasteiger partial charge in [0.05, 0.1) is 19.9 Å². The van der Waals surface area contributed by atoms with Gasteiger partial charge in [0.1, 0.15) is 12.3 Å². The number of anilines is 2. The van der Waals surface area contributed by atoms with E-state index < -0.39 is 6.10 Å². The van der Waals surface area contributed by atoms with Gasteiger partial charge in [-0.25, -0.2) is 0 Å². The Kier molecular flexibility index (Phi) is 5.73. The maximum absolute atomic E-state index is 12.8. The predicted molar refractivity (Wildman–Crippen MR) is 106 cm³/mol. The Bertz CT molecular complexity index is 896. The summed E-state index contributed by atoms with van der Waals surface area (Å²) in [4.78, 5) is 26.9. The van der Waals surface area contributed by atoms with Crippen molar-refractivity contribution in [3.8, 4) is 17.2 Å². The van der Waals surface area contributed by atoms with Gasteiger partial charge < -0.3 is 19.5 Å². The lowest BCUT2D eigenvalue weighted by Gasteiger charge is -2.33. The zero-order valence-corrected chi connectivity index (χ0v) is 16.4. The normalized spacial score (nSPS) is 15.5. The summed E-state index contributed by atoms with van der Waals surface area (Å²) in [6.45, 7) is 3.70. The highest BCUT2D eigenvalue weighted by Gasteiger charge is 2.34. The van der Waals surface area contributed by atoms with E-state index in [0.29, 0.717) is 35.0 Å². The molecule has 1 aliphatic rings. The molecule has 2 aromatic carbocycles. The third-order valence-corrected chi connectivity index (χ3v) is 4.56. The van der Waals surface area contributed by atoms with E-state index in [0.717, 1.165) is 5.56 Å². The fourth-order valence-corrected chi connectivity index (χ4v) is 3.11. The lowest BCUT2D eigenvalue weighted by atomic mass is 10.1. The molecule has 0 fully saturated rings. The SMILES string of the molecule is CCC1Oc2ccc(C)cc2N(CC(=O)Nc2ccc(OC)c(OC)c2)C1=O. The van der Waals surface area contributed by atoms with E-state index in [1.165, 1.54) is 12.0 Å². The van der Waals surface area contributed by atoms with Crippen LogP contribution in [-0.4, -0.2) is 38.7 Å². The number of fused-ring (bicyclic) bond motifs is 1. The first-order chi connectivity index (χ1) is 13.5. The summed E-state index contributed by atoms with van der Waals surface area (Å²) in [5, 5.41) is 2.80. The third-order valence-electron chi connectivity index (χ3n) is 4.56. The summed E-state index contributed by atoms with van der Waals surface area (Å²) < 4.78 is 16.2. The molecule has 1 aliphatic heterocycles. The fourth-order valence-electron chi connectivity index (χ4n) is 3.11. The Morgan fingerprint density at radius 3 is 2.57 bits per heavy atom. The van der Waals surface area contributed by atoms with Crippen LogP contribution < -0.4 is 24.4 Å². The Hall–Kier alpha value is -3.22. The first-order valence-electron chi connectivity index (χ1n) is 9.07. The van der Waals surface area contributed by atoms with Crippen LogP contribution in [0.25, 0.3) is 0 Å². The minimum Gasteiger partial charge on any atom is -0.493 e. The van der Waals surface area contributed by atoms with Crippen molar-refractivity contribution < 1.29 is 23.8 Å². The predicted octanol–water partition coefficient (Wildman–Crippen LogP) is 3.15. The van der Waals surface area contributed by atoms with E-state index in [-0.39, 0.29) is 18.4 Å². The average molecular weight is 384 g/mol. The number of rotatable bonds is 6. The topological polar surface area (TPSA) is 77.1 Å². The molecule has 0 saturated carbocycles. The summed E-state index contributed by atoms with van der Waals surface area (Å²) >= 11 is 0. The number of carbonyl (C=O) groups excluding carboxylic acids is 2. The summed E-state index contributed by atoms with van der Waals surface area (Å²) in [6.07, 6.45) is -0.0657. The molecule has 2 amide bonds. The van der Waals surface area contributed by atoms with Gasteiger partial charge in [0.15, 0.2) is 17.6 Å². The van der Waals surface area contributed by atoms with Crippen LogP contribution in [0.3, 0.4) is 0 Å². The van der Waals surface area contributed by atoms with Crippen LogP contribution in [0.4, 0.5) is 11.4 Å². The number of nitrogens with one attached hydrogen (secondary N) is 1. The van der Waals surface area contributed by atoms with Gasteiger partial charge in [0, 0.05) is 11.8 Å². The van der Waals surface area contributed by atoms with Gasteiger partial charge in [0.25, 0.3) is 5.91 Å². The molecular weight excluding hydrogens is 360 g/mol. The highest BCUT2D eigenvalue weighted by Crippen LogP contribution is 2.35. The molecule has 7 heteroatoms. The van der Waals surface area contributed by atoms with Gasteiger partial charge in [-0.2, -0.15) is 0 Å². The van der Waals surface area contributed by atoms with Crippen molar-refractivity contribution in [3.63, 3.8) is 0 Å². The second-order valence-electron chi connectivity index (χ2n) is 6.53. The third kappa shape index (κ3) is 3.88. The van der Waals surface area contributed by atoms with Crippen LogP contribution in [0.15, 0.2) is 36.4 Å². The largest absolute Gasteiger partial charge is 0.493 e. The van der Waals surface area contributed by atoms with Crippen LogP contribution >= 0.6 is 0 Å². The van der Waals surface area contributed by atoms with Crippen molar-refractivity contribution >= 4 is 23.2 Å². The molecule has 3 rings (SSSR count). The molecule has 0 aliphatic carbocycles. The lowest BCUT2D eigenvalue weighted by Crippen LogP contribution is -2.48. The van der Waals surface area contributed by atoms with E-state index >= 15 is 0 Å². The first-order valence-corrected chi connectivity index (χ1v) is 9.07. The lowest BCUT2D eigenvalue weighted by molar-refractivity contribution is -0.128. The van der Waals surface area contributed by atoms with Crippen LogP contribution in [0.2, 0.25) is 0 Å². The zero-order valence-electron chi connectivity index (χ0n) is 16.4. The first kappa shape index (κ1) is 19.5. The summed E-state index contributed by atoms with van der Waals surface area (Å²) in [5.41, 5.74) is 2.15. The van der Waals surface area contributed by atoms with Gasteiger partial charge in [-0.1, -0.05) is 13.0 Å². The molecule has 0 aromatic heterocycles. The molecule has 1 unspecified atom stereocenters. The van der Waals surface area contributed by atoms with E-state index in [1.54, 1.807) is 25.3 Å². The van der Waals surface area contributed by atoms with E-state index in [9.17, 15) is 9.59 Å². The monoisotopic (exact) mass is 384 g/mol. The fraction of sp³-hybridized carbons (Fsp3) is 0.333. The van der Waals surface area contributed by atoms with E-state index in [2.05, 4.69) is 5.32 Å². The van der Waals surface area contributed by atoms with Gasteiger partial charge in [0.2, 0.25) is 5.91 Å². The number of amides is 2.